The number of carbonyl (C=O) groups is 1. The van der Waals surface area contributed by atoms with Gasteiger partial charge >= 0.3 is 0 Å². The summed E-state index contributed by atoms with van der Waals surface area (Å²) < 4.78 is 11.0. The molecule has 0 saturated carbocycles. The number of amides is 1. The van der Waals surface area contributed by atoms with Gasteiger partial charge in [-0.2, -0.15) is 5.26 Å². The van der Waals surface area contributed by atoms with Crippen LogP contribution in [0.5, 0.6) is 11.5 Å². The zero-order valence-corrected chi connectivity index (χ0v) is 17.6. The summed E-state index contributed by atoms with van der Waals surface area (Å²) in [6.07, 6.45) is 2.60. The van der Waals surface area contributed by atoms with Crippen LogP contribution in [0.2, 0.25) is 0 Å². The number of nitriles is 1. The summed E-state index contributed by atoms with van der Waals surface area (Å²) in [4.78, 5) is 15.3. The third kappa shape index (κ3) is 2.42. The van der Waals surface area contributed by atoms with E-state index in [-0.39, 0.29) is 11.5 Å². The van der Waals surface area contributed by atoms with Crippen LogP contribution in [-0.2, 0) is 16.6 Å². The highest BCUT2D eigenvalue weighted by Crippen LogP contribution is 2.51. The van der Waals surface area contributed by atoms with Crippen LogP contribution in [0.4, 0.5) is 5.69 Å². The van der Waals surface area contributed by atoms with Crippen molar-refractivity contribution in [3.05, 3.63) is 70.1 Å². The van der Waals surface area contributed by atoms with E-state index in [2.05, 4.69) is 11.4 Å². The molecule has 1 spiro atoms. The maximum absolute atomic E-state index is 13.4. The van der Waals surface area contributed by atoms with Gasteiger partial charge in [0.25, 0.3) is 0 Å². The number of benzene rings is 2. The molecule has 0 unspecified atom stereocenters. The van der Waals surface area contributed by atoms with Gasteiger partial charge in [0, 0.05) is 29.1 Å². The average Bonchev–Trinajstić information content (AvgIpc) is 3.04. The Hall–Kier alpha value is -3.92. The molecule has 2 aromatic rings. The highest BCUT2D eigenvalue weighted by molar-refractivity contribution is 6.12. The molecule has 3 heterocycles. The van der Waals surface area contributed by atoms with E-state index in [4.69, 9.17) is 15.2 Å². The van der Waals surface area contributed by atoms with Gasteiger partial charge in [0.05, 0.1) is 19.8 Å². The molecule has 7 heteroatoms. The van der Waals surface area contributed by atoms with Crippen LogP contribution in [-0.4, -0.2) is 31.6 Å². The maximum Gasteiger partial charge on any atom is 0.244 e. The molecule has 2 aromatic carbocycles. The average molecular weight is 414 g/mol. The molecule has 31 heavy (non-hydrogen) atoms. The number of anilines is 1. The molecule has 3 N–H and O–H groups in total. The quantitative estimate of drug-likeness (QED) is 0.784. The number of hydrogen-bond donors (Lipinski definition) is 2. The number of aryl methyl sites for hydroxylation is 1. The van der Waals surface area contributed by atoms with Crippen LogP contribution < -0.4 is 20.5 Å². The highest BCUT2D eigenvalue weighted by Gasteiger charge is 2.53. The molecule has 7 nitrogen and oxygen atoms in total. The second-order valence-corrected chi connectivity index (χ2v) is 7.98. The van der Waals surface area contributed by atoms with Crippen molar-refractivity contribution in [1.29, 1.82) is 5.26 Å². The number of hydrogen-bond acceptors (Lipinski definition) is 6. The van der Waals surface area contributed by atoms with Gasteiger partial charge in [-0.3, -0.25) is 4.79 Å². The Balaban J connectivity index is 1.81. The normalized spacial score (nSPS) is 21.0. The summed E-state index contributed by atoms with van der Waals surface area (Å²) in [7, 11) is 3.20. The molecule has 1 amide bonds. The molecule has 0 bridgehead atoms. The second kappa shape index (κ2) is 6.54. The van der Waals surface area contributed by atoms with Crippen molar-refractivity contribution in [1.82, 2.24) is 4.90 Å². The Morgan fingerprint density at radius 1 is 1.19 bits per heavy atom. The monoisotopic (exact) mass is 414 g/mol. The summed E-state index contributed by atoms with van der Waals surface area (Å²) in [5.74, 6) is 1.29. The number of methoxy groups -OCH3 is 2. The molecule has 0 saturated heterocycles. The van der Waals surface area contributed by atoms with Gasteiger partial charge in [-0.05, 0) is 43.2 Å². The maximum atomic E-state index is 13.4. The minimum atomic E-state index is -1.27. The third-order valence-electron chi connectivity index (χ3n) is 6.39. The molecular formula is C24H22N4O3. The van der Waals surface area contributed by atoms with Gasteiger partial charge in [-0.1, -0.05) is 17.7 Å². The lowest BCUT2D eigenvalue weighted by Crippen LogP contribution is -2.45. The second-order valence-electron chi connectivity index (χ2n) is 7.98. The van der Waals surface area contributed by atoms with E-state index in [1.54, 1.807) is 14.2 Å². The van der Waals surface area contributed by atoms with Crippen molar-refractivity contribution < 1.29 is 14.3 Å². The Kier molecular flexibility index (Phi) is 4.02. The summed E-state index contributed by atoms with van der Waals surface area (Å²) in [5, 5.41) is 13.0. The van der Waals surface area contributed by atoms with Gasteiger partial charge in [0.2, 0.25) is 5.91 Å². The highest BCUT2D eigenvalue weighted by atomic mass is 16.5. The summed E-state index contributed by atoms with van der Waals surface area (Å²) in [6, 6.07) is 11.9. The Morgan fingerprint density at radius 2 is 1.94 bits per heavy atom. The molecule has 5 rings (SSSR count). The van der Waals surface area contributed by atoms with Crippen LogP contribution in [0.25, 0.3) is 5.70 Å². The van der Waals surface area contributed by atoms with Crippen LogP contribution in [0.15, 0.2) is 47.8 Å². The summed E-state index contributed by atoms with van der Waals surface area (Å²) in [5.41, 5.74) is 10.8. The minimum Gasteiger partial charge on any atom is -0.493 e. The van der Waals surface area contributed by atoms with E-state index in [1.165, 1.54) is 0 Å². The zero-order valence-electron chi connectivity index (χ0n) is 17.6. The summed E-state index contributed by atoms with van der Waals surface area (Å²) in [6.45, 7) is 2.56. The van der Waals surface area contributed by atoms with Gasteiger partial charge in [-0.25, -0.2) is 0 Å². The fraction of sp³-hybridized carbons (Fsp3) is 0.250. The predicted molar refractivity (Wildman–Crippen MR) is 116 cm³/mol. The Labute approximate surface area is 180 Å². The van der Waals surface area contributed by atoms with Crippen LogP contribution >= 0.6 is 0 Å². The van der Waals surface area contributed by atoms with Crippen LogP contribution in [0.1, 0.15) is 22.3 Å². The lowest BCUT2D eigenvalue weighted by Gasteiger charge is -2.41. The molecular weight excluding hydrogens is 392 g/mol. The van der Waals surface area contributed by atoms with E-state index >= 15 is 0 Å². The number of nitrogens with one attached hydrogen (secondary N) is 1. The molecule has 0 aliphatic carbocycles. The Bertz CT molecular complexity index is 1250. The van der Waals surface area contributed by atoms with Gasteiger partial charge in [0.15, 0.2) is 11.5 Å². The number of nitrogens with zero attached hydrogens (tertiary/aromatic N) is 2. The Morgan fingerprint density at radius 3 is 2.65 bits per heavy atom. The van der Waals surface area contributed by atoms with E-state index in [0.29, 0.717) is 29.6 Å². The van der Waals surface area contributed by atoms with Crippen molar-refractivity contribution in [2.45, 2.75) is 18.8 Å². The first kappa shape index (κ1) is 19.1. The standard InChI is InChI=1S/C24H22N4O3/c1-13-4-5-18-16(8-13)24(23(29)27-18)11-19-15-10-21(31-3)20(30-2)9-14(15)6-7-28(19)22(26)17(24)12-25/h4-5,8-11H,6-7,26H2,1-3H3,(H,27,29)/t24-/m0/s1. The first-order valence-electron chi connectivity index (χ1n) is 10.0. The van der Waals surface area contributed by atoms with Crippen LogP contribution in [0.3, 0.4) is 0 Å². The zero-order chi connectivity index (χ0) is 21.9. The minimum absolute atomic E-state index is 0.252. The van der Waals surface area contributed by atoms with E-state index < -0.39 is 5.41 Å². The van der Waals surface area contributed by atoms with Crippen molar-refractivity contribution in [3.63, 3.8) is 0 Å². The number of carbonyl (C=O) groups excluding carboxylic acids is 1. The molecule has 3 aliphatic heterocycles. The molecule has 0 aromatic heterocycles. The van der Waals surface area contributed by atoms with Crippen LogP contribution in [0, 0.1) is 18.3 Å². The van der Waals surface area contributed by atoms with Crippen molar-refractivity contribution >= 4 is 17.3 Å². The van der Waals surface area contributed by atoms with Crippen molar-refractivity contribution in [2.24, 2.45) is 5.73 Å². The first-order chi connectivity index (χ1) is 14.9. The lowest BCUT2D eigenvalue weighted by atomic mass is 9.71. The molecule has 0 fully saturated rings. The fourth-order valence-corrected chi connectivity index (χ4v) is 4.86. The smallest absolute Gasteiger partial charge is 0.244 e. The van der Waals surface area contributed by atoms with Gasteiger partial charge in [-0.15, -0.1) is 0 Å². The lowest BCUT2D eigenvalue weighted by molar-refractivity contribution is -0.118. The van der Waals surface area contributed by atoms with E-state index in [1.807, 2.05) is 48.2 Å². The first-order valence-corrected chi connectivity index (χ1v) is 10.0. The topological polar surface area (TPSA) is 101 Å². The predicted octanol–water partition coefficient (Wildman–Crippen LogP) is 2.81. The van der Waals surface area contributed by atoms with Crippen molar-refractivity contribution in [3.8, 4) is 17.6 Å². The van der Waals surface area contributed by atoms with Gasteiger partial charge in [0.1, 0.15) is 17.3 Å². The van der Waals surface area contributed by atoms with Crippen molar-refractivity contribution in [2.75, 3.05) is 26.1 Å². The fourth-order valence-electron chi connectivity index (χ4n) is 4.86. The number of rotatable bonds is 2. The SMILES string of the molecule is COc1cc2c(cc1OC)C1=C[C@@]3(C(=O)Nc4ccc(C)cc43)C(C#N)=C(N)N1CC2. The molecule has 1 atom stereocenters. The summed E-state index contributed by atoms with van der Waals surface area (Å²) >= 11 is 0. The molecule has 0 radical (unpaired) electrons. The number of nitrogens with two attached hydrogens (primary N) is 1. The molecule has 156 valence electrons. The largest absolute Gasteiger partial charge is 0.493 e. The van der Waals surface area contributed by atoms with E-state index in [9.17, 15) is 10.1 Å². The number of ether oxygens (including phenoxy) is 2. The van der Waals surface area contributed by atoms with E-state index in [0.717, 1.165) is 34.4 Å². The van der Waals surface area contributed by atoms with Gasteiger partial charge < -0.3 is 25.4 Å². The number of fused-ring (bicyclic) bond motifs is 5. The third-order valence-corrected chi connectivity index (χ3v) is 6.39. The molecule has 3 aliphatic rings.